The third-order valence-corrected chi connectivity index (χ3v) is 2.62. The number of ether oxygens (including phenoxy) is 1. The first-order valence-electron chi connectivity index (χ1n) is 3.36. The van der Waals surface area contributed by atoms with Gasteiger partial charge in [-0.25, -0.2) is 0 Å². The Labute approximate surface area is 50.0 Å². The SMILES string of the molecule is COCC1CC12CC2. The second-order valence-corrected chi connectivity index (χ2v) is 3.22. The highest BCUT2D eigenvalue weighted by atomic mass is 16.5. The van der Waals surface area contributed by atoms with Crippen molar-refractivity contribution >= 4 is 0 Å². The van der Waals surface area contributed by atoms with Crippen molar-refractivity contribution in [1.29, 1.82) is 0 Å². The standard InChI is InChI=1S/C7H12O/c1-8-5-6-4-7(6)2-3-7/h6H,2-5H2,1H3. The van der Waals surface area contributed by atoms with E-state index in [1.165, 1.54) is 19.3 Å². The van der Waals surface area contributed by atoms with Crippen LogP contribution in [0.3, 0.4) is 0 Å². The lowest BCUT2D eigenvalue weighted by atomic mass is 10.3. The van der Waals surface area contributed by atoms with Gasteiger partial charge in [-0.05, 0) is 30.6 Å². The van der Waals surface area contributed by atoms with Gasteiger partial charge in [0.25, 0.3) is 0 Å². The predicted octanol–water partition coefficient (Wildman–Crippen LogP) is 1.43. The first-order chi connectivity index (χ1) is 3.87. The summed E-state index contributed by atoms with van der Waals surface area (Å²) in [5, 5.41) is 0. The summed E-state index contributed by atoms with van der Waals surface area (Å²) in [6.45, 7) is 1.01. The summed E-state index contributed by atoms with van der Waals surface area (Å²) in [5.74, 6) is 0.951. The van der Waals surface area contributed by atoms with Crippen LogP contribution in [0.2, 0.25) is 0 Å². The molecule has 8 heavy (non-hydrogen) atoms. The molecule has 1 nitrogen and oxygen atoms in total. The van der Waals surface area contributed by atoms with Crippen LogP contribution in [-0.2, 0) is 4.74 Å². The highest BCUT2D eigenvalue weighted by Gasteiger charge is 2.62. The summed E-state index contributed by atoms with van der Waals surface area (Å²) in [7, 11) is 1.80. The summed E-state index contributed by atoms with van der Waals surface area (Å²) < 4.78 is 5.04. The van der Waals surface area contributed by atoms with E-state index in [2.05, 4.69) is 0 Å². The van der Waals surface area contributed by atoms with Crippen LogP contribution in [-0.4, -0.2) is 13.7 Å². The van der Waals surface area contributed by atoms with Crippen LogP contribution < -0.4 is 0 Å². The maximum Gasteiger partial charge on any atom is 0.0496 e. The van der Waals surface area contributed by atoms with Crippen LogP contribution in [0.4, 0.5) is 0 Å². The normalized spacial score (nSPS) is 37.9. The third kappa shape index (κ3) is 0.510. The van der Waals surface area contributed by atoms with Crippen molar-refractivity contribution in [2.45, 2.75) is 19.3 Å². The lowest BCUT2D eigenvalue weighted by Crippen LogP contribution is -1.91. The van der Waals surface area contributed by atoms with Crippen LogP contribution >= 0.6 is 0 Å². The smallest absolute Gasteiger partial charge is 0.0496 e. The highest BCUT2D eigenvalue weighted by Crippen LogP contribution is 2.70. The average molecular weight is 112 g/mol. The molecule has 1 spiro atoms. The topological polar surface area (TPSA) is 9.23 Å². The molecule has 0 N–H and O–H groups in total. The van der Waals surface area contributed by atoms with Gasteiger partial charge in [0.2, 0.25) is 0 Å². The fourth-order valence-corrected chi connectivity index (χ4v) is 1.64. The molecule has 0 aromatic rings. The summed E-state index contributed by atoms with van der Waals surface area (Å²) in [5.41, 5.74) is 0.843. The molecular formula is C7H12O. The fourth-order valence-electron chi connectivity index (χ4n) is 1.64. The minimum atomic E-state index is 0.843. The Bertz CT molecular complexity index is 105. The lowest BCUT2D eigenvalue weighted by Gasteiger charge is -1.91. The van der Waals surface area contributed by atoms with Gasteiger partial charge in [0.15, 0.2) is 0 Å². The maximum absolute atomic E-state index is 5.04. The van der Waals surface area contributed by atoms with E-state index in [1.807, 2.05) is 0 Å². The minimum absolute atomic E-state index is 0.843. The van der Waals surface area contributed by atoms with Crippen molar-refractivity contribution in [3.8, 4) is 0 Å². The largest absolute Gasteiger partial charge is 0.384 e. The average Bonchev–Trinajstić information content (AvgIpc) is 2.57. The van der Waals surface area contributed by atoms with Gasteiger partial charge in [0.05, 0.1) is 0 Å². The van der Waals surface area contributed by atoms with E-state index in [0.29, 0.717) is 0 Å². The molecule has 0 aliphatic heterocycles. The first kappa shape index (κ1) is 4.80. The Balaban J connectivity index is 1.80. The minimum Gasteiger partial charge on any atom is -0.384 e. The molecule has 1 unspecified atom stereocenters. The molecule has 0 aromatic carbocycles. The van der Waals surface area contributed by atoms with Crippen molar-refractivity contribution in [3.05, 3.63) is 0 Å². The summed E-state index contributed by atoms with van der Waals surface area (Å²) in [6, 6.07) is 0. The van der Waals surface area contributed by atoms with E-state index in [4.69, 9.17) is 4.74 Å². The Morgan fingerprint density at radius 1 is 1.62 bits per heavy atom. The molecule has 1 atom stereocenters. The van der Waals surface area contributed by atoms with E-state index < -0.39 is 0 Å². The Hall–Kier alpha value is -0.0400. The van der Waals surface area contributed by atoms with Crippen LogP contribution in [0, 0.1) is 11.3 Å². The summed E-state index contributed by atoms with van der Waals surface area (Å²) in [6.07, 6.45) is 4.43. The molecular weight excluding hydrogens is 100 g/mol. The van der Waals surface area contributed by atoms with Gasteiger partial charge in [-0.3, -0.25) is 0 Å². The summed E-state index contributed by atoms with van der Waals surface area (Å²) >= 11 is 0. The van der Waals surface area contributed by atoms with Gasteiger partial charge in [-0.2, -0.15) is 0 Å². The molecule has 2 fully saturated rings. The van der Waals surface area contributed by atoms with Gasteiger partial charge in [-0.15, -0.1) is 0 Å². The Morgan fingerprint density at radius 2 is 2.38 bits per heavy atom. The third-order valence-electron chi connectivity index (χ3n) is 2.62. The second-order valence-electron chi connectivity index (χ2n) is 3.22. The quantitative estimate of drug-likeness (QED) is 0.525. The van der Waals surface area contributed by atoms with Gasteiger partial charge in [0.1, 0.15) is 0 Å². The van der Waals surface area contributed by atoms with Crippen LogP contribution in [0.1, 0.15) is 19.3 Å². The molecule has 0 aromatic heterocycles. The van der Waals surface area contributed by atoms with Gasteiger partial charge >= 0.3 is 0 Å². The van der Waals surface area contributed by atoms with Gasteiger partial charge < -0.3 is 4.74 Å². The number of rotatable bonds is 2. The number of methoxy groups -OCH3 is 1. The molecule has 2 aliphatic rings. The molecule has 1 heteroatoms. The van der Waals surface area contributed by atoms with E-state index >= 15 is 0 Å². The van der Waals surface area contributed by atoms with Gasteiger partial charge in [-0.1, -0.05) is 0 Å². The zero-order valence-electron chi connectivity index (χ0n) is 5.31. The molecule has 46 valence electrons. The van der Waals surface area contributed by atoms with E-state index in [9.17, 15) is 0 Å². The van der Waals surface area contributed by atoms with E-state index in [0.717, 1.165) is 17.9 Å². The molecule has 0 saturated heterocycles. The monoisotopic (exact) mass is 112 g/mol. The number of hydrogen-bond acceptors (Lipinski definition) is 1. The fraction of sp³-hybridized carbons (Fsp3) is 1.00. The zero-order valence-corrected chi connectivity index (χ0v) is 5.31. The van der Waals surface area contributed by atoms with Crippen LogP contribution in [0.15, 0.2) is 0 Å². The number of hydrogen-bond donors (Lipinski definition) is 0. The van der Waals surface area contributed by atoms with Crippen molar-refractivity contribution in [2.24, 2.45) is 11.3 Å². The summed E-state index contributed by atoms with van der Waals surface area (Å²) in [4.78, 5) is 0. The molecule has 0 bridgehead atoms. The molecule has 0 heterocycles. The first-order valence-corrected chi connectivity index (χ1v) is 3.36. The predicted molar refractivity (Wildman–Crippen MR) is 31.6 cm³/mol. The Morgan fingerprint density at radius 3 is 2.75 bits per heavy atom. The van der Waals surface area contributed by atoms with Crippen molar-refractivity contribution < 1.29 is 4.74 Å². The van der Waals surface area contributed by atoms with Crippen LogP contribution in [0.5, 0.6) is 0 Å². The maximum atomic E-state index is 5.04. The van der Waals surface area contributed by atoms with E-state index in [1.54, 1.807) is 7.11 Å². The van der Waals surface area contributed by atoms with Crippen molar-refractivity contribution in [2.75, 3.05) is 13.7 Å². The molecule has 0 radical (unpaired) electrons. The van der Waals surface area contributed by atoms with Crippen molar-refractivity contribution in [1.82, 2.24) is 0 Å². The molecule has 2 saturated carbocycles. The lowest BCUT2D eigenvalue weighted by molar-refractivity contribution is 0.180. The highest BCUT2D eigenvalue weighted by molar-refractivity contribution is 5.11. The zero-order chi connectivity index (χ0) is 5.61. The van der Waals surface area contributed by atoms with Crippen LogP contribution in [0.25, 0.3) is 0 Å². The Kier molecular flexibility index (Phi) is 0.762. The van der Waals surface area contributed by atoms with Gasteiger partial charge in [0, 0.05) is 13.7 Å². The molecule has 2 aliphatic carbocycles. The molecule has 0 amide bonds. The van der Waals surface area contributed by atoms with Crippen molar-refractivity contribution in [3.63, 3.8) is 0 Å². The molecule has 2 rings (SSSR count). The second kappa shape index (κ2) is 1.27. The van der Waals surface area contributed by atoms with E-state index in [-0.39, 0.29) is 0 Å².